The van der Waals surface area contributed by atoms with E-state index in [1.807, 2.05) is 35.9 Å². The number of carbonyl (C=O) groups excluding carboxylic acids is 3. The number of benzene rings is 1. The van der Waals surface area contributed by atoms with Gasteiger partial charge in [-0.05, 0) is 30.5 Å². The fourth-order valence-corrected chi connectivity index (χ4v) is 4.49. The number of methoxy groups -OCH3 is 1. The van der Waals surface area contributed by atoms with Crippen LogP contribution < -0.4 is 10.1 Å². The molecule has 1 N–H and O–H groups in total. The number of hydrogen-bond donors (Lipinski definition) is 1. The van der Waals surface area contributed by atoms with Gasteiger partial charge in [-0.25, -0.2) is 4.98 Å². The second-order valence-electron chi connectivity index (χ2n) is 7.93. The number of aromatic nitrogens is 2. The molecule has 30 heavy (non-hydrogen) atoms. The number of nitrogens with zero attached hydrogens (tertiary/aromatic N) is 3. The minimum Gasteiger partial charge on any atom is -0.497 e. The summed E-state index contributed by atoms with van der Waals surface area (Å²) in [5.74, 6) is 0.0348. The molecule has 3 atom stereocenters. The molecule has 0 radical (unpaired) electrons. The predicted molar refractivity (Wildman–Crippen MR) is 108 cm³/mol. The lowest BCUT2D eigenvalue weighted by Gasteiger charge is -2.21. The Bertz CT molecular complexity index is 928. The van der Waals surface area contributed by atoms with E-state index in [1.165, 1.54) is 0 Å². The van der Waals surface area contributed by atoms with Gasteiger partial charge in [-0.3, -0.25) is 19.3 Å². The van der Waals surface area contributed by atoms with Gasteiger partial charge in [-0.1, -0.05) is 25.0 Å². The summed E-state index contributed by atoms with van der Waals surface area (Å²) in [5.41, 5.74) is 0.825. The summed E-state index contributed by atoms with van der Waals surface area (Å²) in [6, 6.07) is 6.84. The largest absolute Gasteiger partial charge is 0.497 e. The number of carbonyl (C=O) groups is 3. The van der Waals surface area contributed by atoms with Crippen molar-refractivity contribution in [2.24, 2.45) is 18.9 Å². The van der Waals surface area contributed by atoms with Crippen LogP contribution in [0, 0.1) is 11.8 Å². The lowest BCUT2D eigenvalue weighted by atomic mass is 9.81. The van der Waals surface area contributed by atoms with E-state index in [0.717, 1.165) is 36.1 Å². The molecule has 1 saturated heterocycles. The smallest absolute Gasteiger partial charge is 0.241 e. The van der Waals surface area contributed by atoms with Gasteiger partial charge in [-0.15, -0.1) is 0 Å². The maximum atomic E-state index is 12.9. The third-order valence-corrected chi connectivity index (χ3v) is 6.11. The lowest BCUT2D eigenvalue weighted by molar-refractivity contribution is -0.143. The first-order valence-electron chi connectivity index (χ1n) is 10.3. The van der Waals surface area contributed by atoms with E-state index in [2.05, 4.69) is 10.3 Å². The molecule has 4 rings (SSSR count). The Labute approximate surface area is 175 Å². The van der Waals surface area contributed by atoms with Gasteiger partial charge in [0, 0.05) is 19.4 Å². The first-order valence-corrected chi connectivity index (χ1v) is 10.3. The van der Waals surface area contributed by atoms with E-state index in [0.29, 0.717) is 11.6 Å². The first-order chi connectivity index (χ1) is 14.5. The van der Waals surface area contributed by atoms with Crippen LogP contribution in [0.3, 0.4) is 0 Å². The number of amides is 3. The minimum atomic E-state index is -0.515. The molecule has 1 saturated carbocycles. The SMILES string of the molecule is COc1ccc([C@H](NC(=O)CN2C(=O)[C@@H]3CCCC[C@H]3C2=O)c2nccn2C)cc1. The molecule has 2 heterocycles. The minimum absolute atomic E-state index is 0.210. The van der Waals surface area contributed by atoms with E-state index in [4.69, 9.17) is 4.74 Å². The number of imidazole rings is 1. The molecule has 2 fully saturated rings. The van der Waals surface area contributed by atoms with Crippen molar-refractivity contribution in [2.45, 2.75) is 31.7 Å². The summed E-state index contributed by atoms with van der Waals surface area (Å²) in [6.45, 7) is -0.262. The summed E-state index contributed by atoms with van der Waals surface area (Å²) >= 11 is 0. The third kappa shape index (κ3) is 3.69. The molecule has 1 aromatic carbocycles. The zero-order valence-corrected chi connectivity index (χ0v) is 17.2. The number of ether oxygens (including phenoxy) is 1. The van der Waals surface area contributed by atoms with Gasteiger partial charge >= 0.3 is 0 Å². The summed E-state index contributed by atoms with van der Waals surface area (Å²) in [5, 5.41) is 2.95. The van der Waals surface area contributed by atoms with E-state index >= 15 is 0 Å². The standard InChI is InChI=1S/C22H26N4O4/c1-25-12-11-23-20(25)19(14-7-9-15(30-2)10-8-14)24-18(27)13-26-21(28)16-5-3-4-6-17(16)22(26)29/h7-12,16-17,19H,3-6,13H2,1-2H3,(H,24,27)/t16-,17-,19+/m1/s1. The highest BCUT2D eigenvalue weighted by Gasteiger charge is 2.48. The van der Waals surface area contributed by atoms with Crippen molar-refractivity contribution >= 4 is 17.7 Å². The topological polar surface area (TPSA) is 93.5 Å². The van der Waals surface area contributed by atoms with Crippen molar-refractivity contribution in [3.8, 4) is 5.75 Å². The molecule has 158 valence electrons. The number of nitrogens with one attached hydrogen (secondary N) is 1. The van der Waals surface area contributed by atoms with Gasteiger partial charge < -0.3 is 14.6 Å². The predicted octanol–water partition coefficient (Wildman–Crippen LogP) is 1.81. The first kappa shape index (κ1) is 20.1. The van der Waals surface area contributed by atoms with Crippen molar-refractivity contribution in [1.82, 2.24) is 19.8 Å². The van der Waals surface area contributed by atoms with E-state index in [-0.39, 0.29) is 36.1 Å². The van der Waals surface area contributed by atoms with Gasteiger partial charge in [0.15, 0.2) is 0 Å². The number of rotatable bonds is 6. The number of aryl methyl sites for hydroxylation is 1. The van der Waals surface area contributed by atoms with Crippen molar-refractivity contribution in [3.05, 3.63) is 48.0 Å². The normalized spacial score (nSPS) is 22.0. The zero-order chi connectivity index (χ0) is 21.3. The number of fused-ring (bicyclic) bond motifs is 1. The Morgan fingerprint density at radius 2 is 1.80 bits per heavy atom. The van der Waals surface area contributed by atoms with Crippen LogP contribution in [0.4, 0.5) is 0 Å². The van der Waals surface area contributed by atoms with E-state index in [1.54, 1.807) is 19.5 Å². The van der Waals surface area contributed by atoms with Crippen molar-refractivity contribution in [3.63, 3.8) is 0 Å². The average Bonchev–Trinajstić information content (AvgIpc) is 3.29. The van der Waals surface area contributed by atoms with Crippen molar-refractivity contribution < 1.29 is 19.1 Å². The van der Waals surface area contributed by atoms with Gasteiger partial charge in [0.1, 0.15) is 24.2 Å². The third-order valence-electron chi connectivity index (χ3n) is 6.11. The number of likely N-dealkylation sites (tertiary alicyclic amines) is 1. The second kappa shape index (κ2) is 8.30. The Morgan fingerprint density at radius 1 is 1.17 bits per heavy atom. The van der Waals surface area contributed by atoms with Gasteiger partial charge in [0.25, 0.3) is 0 Å². The van der Waals surface area contributed by atoms with Crippen LogP contribution in [0.15, 0.2) is 36.7 Å². The van der Waals surface area contributed by atoms with Gasteiger partial charge in [0.2, 0.25) is 17.7 Å². The number of imide groups is 1. The molecule has 1 aromatic heterocycles. The summed E-state index contributed by atoms with van der Waals surface area (Å²) < 4.78 is 7.04. The highest BCUT2D eigenvalue weighted by molar-refractivity contribution is 6.07. The summed E-state index contributed by atoms with van der Waals surface area (Å²) in [7, 11) is 3.44. The number of hydrogen-bond acceptors (Lipinski definition) is 5. The van der Waals surface area contributed by atoms with Crippen LogP contribution in [0.1, 0.15) is 43.1 Å². The van der Waals surface area contributed by atoms with E-state index < -0.39 is 6.04 Å². The fraction of sp³-hybridized carbons (Fsp3) is 0.455. The summed E-state index contributed by atoms with van der Waals surface area (Å²) in [4.78, 5) is 43.8. The van der Waals surface area contributed by atoms with E-state index in [9.17, 15) is 14.4 Å². The van der Waals surface area contributed by atoms with Crippen LogP contribution in [-0.2, 0) is 21.4 Å². The maximum Gasteiger partial charge on any atom is 0.241 e. The van der Waals surface area contributed by atoms with Crippen LogP contribution in [0.5, 0.6) is 5.75 Å². The second-order valence-corrected chi connectivity index (χ2v) is 7.93. The lowest BCUT2D eigenvalue weighted by Crippen LogP contribution is -2.42. The maximum absolute atomic E-state index is 12.9. The highest BCUT2D eigenvalue weighted by Crippen LogP contribution is 2.37. The Morgan fingerprint density at radius 3 is 2.33 bits per heavy atom. The Hall–Kier alpha value is -3.16. The Balaban J connectivity index is 1.53. The summed E-state index contributed by atoms with van der Waals surface area (Å²) in [6.07, 6.45) is 6.84. The highest BCUT2D eigenvalue weighted by atomic mass is 16.5. The van der Waals surface area contributed by atoms with Crippen LogP contribution in [-0.4, -0.2) is 45.8 Å². The van der Waals surface area contributed by atoms with Gasteiger partial charge in [-0.2, -0.15) is 0 Å². The molecule has 1 aliphatic carbocycles. The quantitative estimate of drug-likeness (QED) is 0.733. The molecule has 0 bridgehead atoms. The molecule has 0 spiro atoms. The van der Waals surface area contributed by atoms with Crippen molar-refractivity contribution in [1.29, 1.82) is 0 Å². The zero-order valence-electron chi connectivity index (χ0n) is 17.2. The molecule has 3 amide bonds. The molecule has 2 aliphatic rings. The molecular weight excluding hydrogens is 384 g/mol. The van der Waals surface area contributed by atoms with Gasteiger partial charge in [0.05, 0.1) is 18.9 Å². The Kier molecular flexibility index (Phi) is 5.57. The molecule has 8 heteroatoms. The molecular formula is C22H26N4O4. The molecule has 2 aromatic rings. The molecule has 0 unspecified atom stereocenters. The van der Waals surface area contributed by atoms with Crippen molar-refractivity contribution in [2.75, 3.05) is 13.7 Å². The molecule has 1 aliphatic heterocycles. The van der Waals surface area contributed by atoms with Crippen LogP contribution in [0.2, 0.25) is 0 Å². The average molecular weight is 410 g/mol. The monoisotopic (exact) mass is 410 g/mol. The van der Waals surface area contributed by atoms with Crippen LogP contribution in [0.25, 0.3) is 0 Å². The molecule has 8 nitrogen and oxygen atoms in total. The fourth-order valence-electron chi connectivity index (χ4n) is 4.49. The van der Waals surface area contributed by atoms with Crippen LogP contribution >= 0.6 is 0 Å².